The summed E-state index contributed by atoms with van der Waals surface area (Å²) in [5.74, 6) is -0.00884. The Bertz CT molecular complexity index is 1180. The molecule has 0 aliphatic heterocycles. The fourth-order valence-electron chi connectivity index (χ4n) is 2.99. The Morgan fingerprint density at radius 1 is 1.07 bits per heavy atom. The predicted molar refractivity (Wildman–Crippen MR) is 108 cm³/mol. The number of ether oxygens (including phenoxy) is 1. The van der Waals surface area contributed by atoms with Gasteiger partial charge in [-0.25, -0.2) is 8.42 Å². The Morgan fingerprint density at radius 3 is 2.34 bits per heavy atom. The fourth-order valence-corrected chi connectivity index (χ4v) is 4.47. The first kappa shape index (κ1) is 20.6. The molecular formula is C19H20N4O5S. The molecule has 0 fully saturated rings. The van der Waals surface area contributed by atoms with Gasteiger partial charge in [0.2, 0.25) is 21.7 Å². The molecule has 0 spiro atoms. The topological polar surface area (TPSA) is 116 Å². The van der Waals surface area contributed by atoms with Crippen molar-refractivity contribution in [1.82, 2.24) is 14.5 Å². The van der Waals surface area contributed by atoms with Crippen LogP contribution in [0, 0.1) is 17.0 Å². The standard InChI is InChI=1S/C19H20N4O5S/c1-4-22(5-2)29(26,27)14-10-11-18(17(12-14)23(24)25)28-19-16-9-7-6-8-15(16)13(3)20-21-19/h6-12H,4-5H2,1-3H3. The van der Waals surface area contributed by atoms with E-state index in [1.807, 2.05) is 12.1 Å². The van der Waals surface area contributed by atoms with Gasteiger partial charge in [-0.15, -0.1) is 5.10 Å². The number of fused-ring (bicyclic) bond motifs is 1. The highest BCUT2D eigenvalue weighted by molar-refractivity contribution is 7.89. The highest BCUT2D eigenvalue weighted by Gasteiger charge is 2.27. The minimum atomic E-state index is -3.84. The fraction of sp³-hybridized carbons (Fsp3) is 0.263. The van der Waals surface area contributed by atoms with E-state index < -0.39 is 20.6 Å². The smallest absolute Gasteiger partial charge is 0.312 e. The molecule has 0 aliphatic carbocycles. The van der Waals surface area contributed by atoms with Crippen molar-refractivity contribution in [1.29, 1.82) is 0 Å². The van der Waals surface area contributed by atoms with Crippen molar-refractivity contribution in [3.8, 4) is 11.6 Å². The monoisotopic (exact) mass is 416 g/mol. The maximum Gasteiger partial charge on any atom is 0.312 e. The molecule has 0 bridgehead atoms. The molecule has 0 amide bonds. The molecule has 0 saturated heterocycles. The van der Waals surface area contributed by atoms with Gasteiger partial charge >= 0.3 is 5.69 Å². The molecule has 10 heteroatoms. The highest BCUT2D eigenvalue weighted by atomic mass is 32.2. The second-order valence-electron chi connectivity index (χ2n) is 6.21. The van der Waals surface area contributed by atoms with Crippen LogP contribution in [0.5, 0.6) is 11.6 Å². The number of benzene rings is 2. The number of nitro benzene ring substituents is 1. The lowest BCUT2D eigenvalue weighted by Crippen LogP contribution is -2.30. The van der Waals surface area contributed by atoms with E-state index in [1.54, 1.807) is 32.9 Å². The summed E-state index contributed by atoms with van der Waals surface area (Å²) in [5.41, 5.74) is 0.229. The summed E-state index contributed by atoms with van der Waals surface area (Å²) >= 11 is 0. The summed E-state index contributed by atoms with van der Waals surface area (Å²) in [6.07, 6.45) is 0. The van der Waals surface area contributed by atoms with E-state index in [0.29, 0.717) is 11.1 Å². The molecule has 0 unspecified atom stereocenters. The molecule has 1 aromatic heterocycles. The molecule has 0 aliphatic rings. The zero-order valence-corrected chi connectivity index (χ0v) is 17.0. The molecule has 29 heavy (non-hydrogen) atoms. The Morgan fingerprint density at radius 2 is 1.72 bits per heavy atom. The van der Waals surface area contributed by atoms with Crippen LogP contribution < -0.4 is 4.74 Å². The van der Waals surface area contributed by atoms with Crippen molar-refractivity contribution < 1.29 is 18.1 Å². The van der Waals surface area contributed by atoms with E-state index in [1.165, 1.54) is 16.4 Å². The molecule has 1 heterocycles. The van der Waals surface area contributed by atoms with Gasteiger partial charge in [-0.05, 0) is 25.1 Å². The molecular weight excluding hydrogens is 396 g/mol. The van der Waals surface area contributed by atoms with Crippen molar-refractivity contribution in [2.75, 3.05) is 13.1 Å². The van der Waals surface area contributed by atoms with Crippen molar-refractivity contribution in [3.63, 3.8) is 0 Å². The number of aryl methyl sites for hydroxylation is 1. The van der Waals surface area contributed by atoms with Crippen LogP contribution in [-0.2, 0) is 10.0 Å². The normalized spacial score (nSPS) is 11.7. The molecule has 152 valence electrons. The SMILES string of the molecule is CCN(CC)S(=O)(=O)c1ccc(Oc2nnc(C)c3ccccc23)c([N+](=O)[O-])c1. The summed E-state index contributed by atoms with van der Waals surface area (Å²) in [4.78, 5) is 10.8. The maximum atomic E-state index is 12.7. The zero-order chi connectivity index (χ0) is 21.2. The first-order chi connectivity index (χ1) is 13.8. The summed E-state index contributed by atoms with van der Waals surface area (Å²) in [6, 6.07) is 10.8. The van der Waals surface area contributed by atoms with Gasteiger partial charge in [0.15, 0.2) is 0 Å². The van der Waals surface area contributed by atoms with Crippen molar-refractivity contribution in [2.24, 2.45) is 0 Å². The molecule has 2 aromatic carbocycles. The van der Waals surface area contributed by atoms with Crippen LogP contribution in [0.2, 0.25) is 0 Å². The molecule has 3 aromatic rings. The van der Waals surface area contributed by atoms with Crippen molar-refractivity contribution in [3.05, 3.63) is 58.3 Å². The Labute approximate surface area is 168 Å². The number of nitrogens with zero attached hydrogens (tertiary/aromatic N) is 4. The predicted octanol–water partition coefficient (Wildman–Crippen LogP) is 3.67. The minimum Gasteiger partial charge on any atom is -0.430 e. The molecule has 0 radical (unpaired) electrons. The van der Waals surface area contributed by atoms with Gasteiger partial charge < -0.3 is 4.74 Å². The van der Waals surface area contributed by atoms with Gasteiger partial charge in [0.05, 0.1) is 15.5 Å². The number of hydrogen-bond donors (Lipinski definition) is 0. The molecule has 0 N–H and O–H groups in total. The van der Waals surface area contributed by atoms with Gasteiger partial charge in [-0.2, -0.15) is 9.40 Å². The minimum absolute atomic E-state index is 0.105. The van der Waals surface area contributed by atoms with E-state index in [-0.39, 0.29) is 29.6 Å². The average molecular weight is 416 g/mol. The van der Waals surface area contributed by atoms with Crippen molar-refractivity contribution in [2.45, 2.75) is 25.7 Å². The summed E-state index contributed by atoms with van der Waals surface area (Å²) in [5, 5.41) is 21.1. The van der Waals surface area contributed by atoms with E-state index >= 15 is 0 Å². The lowest BCUT2D eigenvalue weighted by Gasteiger charge is -2.18. The Balaban J connectivity index is 2.08. The van der Waals surface area contributed by atoms with Crippen LogP contribution in [0.25, 0.3) is 10.8 Å². The number of nitro groups is 1. The Kier molecular flexibility index (Phi) is 5.76. The van der Waals surface area contributed by atoms with Crippen LogP contribution >= 0.6 is 0 Å². The van der Waals surface area contributed by atoms with Gasteiger partial charge in [0.25, 0.3) is 0 Å². The van der Waals surface area contributed by atoms with E-state index in [4.69, 9.17) is 4.74 Å². The molecule has 0 atom stereocenters. The second kappa shape index (κ2) is 8.10. The van der Waals surface area contributed by atoms with Gasteiger partial charge in [-0.3, -0.25) is 10.1 Å². The zero-order valence-electron chi connectivity index (χ0n) is 16.2. The number of sulfonamides is 1. The van der Waals surface area contributed by atoms with Gasteiger partial charge in [0, 0.05) is 29.9 Å². The van der Waals surface area contributed by atoms with Crippen LogP contribution in [-0.4, -0.2) is 40.9 Å². The van der Waals surface area contributed by atoms with Crippen LogP contribution in [0.3, 0.4) is 0 Å². The average Bonchev–Trinajstić information content (AvgIpc) is 2.71. The quantitative estimate of drug-likeness (QED) is 0.426. The Hall–Kier alpha value is -3.11. The first-order valence-electron chi connectivity index (χ1n) is 8.98. The number of rotatable bonds is 7. The maximum absolute atomic E-state index is 12.7. The first-order valence-corrected chi connectivity index (χ1v) is 10.4. The number of hydrogen-bond acceptors (Lipinski definition) is 7. The third-order valence-corrected chi connectivity index (χ3v) is 6.56. The van der Waals surface area contributed by atoms with Crippen LogP contribution in [0.15, 0.2) is 47.4 Å². The molecule has 9 nitrogen and oxygen atoms in total. The van der Waals surface area contributed by atoms with Crippen LogP contribution in [0.1, 0.15) is 19.5 Å². The van der Waals surface area contributed by atoms with Crippen molar-refractivity contribution >= 4 is 26.5 Å². The van der Waals surface area contributed by atoms with E-state index in [2.05, 4.69) is 10.2 Å². The third-order valence-electron chi connectivity index (χ3n) is 4.52. The van der Waals surface area contributed by atoms with Gasteiger partial charge in [0.1, 0.15) is 0 Å². The second-order valence-corrected chi connectivity index (χ2v) is 8.15. The third kappa shape index (κ3) is 3.89. The largest absolute Gasteiger partial charge is 0.430 e. The molecule has 0 saturated carbocycles. The van der Waals surface area contributed by atoms with Crippen LogP contribution in [0.4, 0.5) is 5.69 Å². The summed E-state index contributed by atoms with van der Waals surface area (Å²) in [6.45, 7) is 5.72. The summed E-state index contributed by atoms with van der Waals surface area (Å²) in [7, 11) is -3.84. The lowest BCUT2D eigenvalue weighted by atomic mass is 10.1. The van der Waals surface area contributed by atoms with E-state index in [0.717, 1.165) is 11.5 Å². The molecule has 3 rings (SSSR count). The summed E-state index contributed by atoms with van der Waals surface area (Å²) < 4.78 is 32.3. The van der Waals surface area contributed by atoms with Gasteiger partial charge in [-0.1, -0.05) is 32.0 Å². The lowest BCUT2D eigenvalue weighted by molar-refractivity contribution is -0.385. The number of aromatic nitrogens is 2. The van der Waals surface area contributed by atoms with E-state index in [9.17, 15) is 18.5 Å². The highest BCUT2D eigenvalue weighted by Crippen LogP contribution is 2.36.